The quantitative estimate of drug-likeness (QED) is 0.580. The molecular weight excluding hydrogens is 439 g/mol. The van der Waals surface area contributed by atoms with Crippen molar-refractivity contribution in [1.29, 1.82) is 0 Å². The van der Waals surface area contributed by atoms with E-state index in [9.17, 15) is 9.18 Å². The van der Waals surface area contributed by atoms with Crippen LogP contribution in [0.15, 0.2) is 36.7 Å². The number of anilines is 2. The SMILES string of the molecule is COc1cc2ncnc(Nc3cccc(Cl)c3F)c2cc1OC1CCCN(C(=O)CO)C1. The minimum absolute atomic E-state index is 0.00154. The van der Waals surface area contributed by atoms with Crippen LogP contribution in [-0.4, -0.2) is 58.8 Å². The van der Waals surface area contributed by atoms with Crippen LogP contribution in [0.1, 0.15) is 12.8 Å². The lowest BCUT2D eigenvalue weighted by Gasteiger charge is -2.32. The Morgan fingerprint density at radius 2 is 2.19 bits per heavy atom. The number of carbonyl (C=O) groups is 1. The van der Waals surface area contributed by atoms with Gasteiger partial charge in [0.15, 0.2) is 17.3 Å². The highest BCUT2D eigenvalue weighted by Gasteiger charge is 2.25. The molecule has 1 aliphatic rings. The van der Waals surface area contributed by atoms with E-state index >= 15 is 0 Å². The van der Waals surface area contributed by atoms with Gasteiger partial charge in [0.25, 0.3) is 0 Å². The summed E-state index contributed by atoms with van der Waals surface area (Å²) in [4.78, 5) is 22.0. The molecule has 1 saturated heterocycles. The van der Waals surface area contributed by atoms with Gasteiger partial charge in [0.2, 0.25) is 5.91 Å². The number of ether oxygens (including phenoxy) is 2. The largest absolute Gasteiger partial charge is 0.493 e. The standard InChI is InChI=1S/C22H22ClFN4O4/c1-31-18-9-17-14(8-19(18)32-13-4-3-7-28(10-13)20(30)11-29)22(26-12-25-17)27-16-6-2-5-15(23)21(16)24/h2,5-6,8-9,12-13,29H,3-4,7,10-11H2,1H3,(H,25,26,27). The molecule has 2 heterocycles. The van der Waals surface area contributed by atoms with E-state index in [0.717, 1.165) is 12.8 Å². The molecule has 2 N–H and O–H groups in total. The number of aromatic nitrogens is 2. The van der Waals surface area contributed by atoms with Crippen LogP contribution in [-0.2, 0) is 4.79 Å². The lowest BCUT2D eigenvalue weighted by Crippen LogP contribution is -2.45. The van der Waals surface area contributed by atoms with Crippen LogP contribution in [0.5, 0.6) is 11.5 Å². The van der Waals surface area contributed by atoms with Crippen LogP contribution < -0.4 is 14.8 Å². The van der Waals surface area contributed by atoms with E-state index in [2.05, 4.69) is 15.3 Å². The first-order valence-corrected chi connectivity index (χ1v) is 10.5. The second-order valence-corrected chi connectivity index (χ2v) is 7.76. The number of aliphatic hydroxyl groups is 1. The summed E-state index contributed by atoms with van der Waals surface area (Å²) in [5, 5.41) is 12.7. The van der Waals surface area contributed by atoms with Crippen molar-refractivity contribution in [2.45, 2.75) is 18.9 Å². The highest BCUT2D eigenvalue weighted by molar-refractivity contribution is 6.31. The molecule has 1 amide bonds. The number of fused-ring (bicyclic) bond motifs is 1. The molecule has 1 unspecified atom stereocenters. The van der Waals surface area contributed by atoms with Crippen molar-refractivity contribution >= 4 is 39.9 Å². The Morgan fingerprint density at radius 3 is 2.97 bits per heavy atom. The predicted molar refractivity (Wildman–Crippen MR) is 118 cm³/mol. The fourth-order valence-corrected chi connectivity index (χ4v) is 3.86. The van der Waals surface area contributed by atoms with Gasteiger partial charge in [-0.1, -0.05) is 17.7 Å². The smallest absolute Gasteiger partial charge is 0.248 e. The number of likely N-dealkylation sites (tertiary alicyclic amines) is 1. The average Bonchev–Trinajstić information content (AvgIpc) is 2.81. The second-order valence-electron chi connectivity index (χ2n) is 7.35. The van der Waals surface area contributed by atoms with Crippen LogP contribution in [0.4, 0.5) is 15.9 Å². The summed E-state index contributed by atoms with van der Waals surface area (Å²) in [5.74, 6) is 0.396. The molecule has 1 aliphatic heterocycles. The van der Waals surface area contributed by atoms with Gasteiger partial charge in [-0.25, -0.2) is 14.4 Å². The van der Waals surface area contributed by atoms with E-state index in [1.165, 1.54) is 19.5 Å². The summed E-state index contributed by atoms with van der Waals surface area (Å²) in [6.07, 6.45) is 2.61. The summed E-state index contributed by atoms with van der Waals surface area (Å²) >= 11 is 5.89. The van der Waals surface area contributed by atoms with Crippen LogP contribution in [0.25, 0.3) is 10.9 Å². The number of halogens is 2. The lowest BCUT2D eigenvalue weighted by atomic mass is 10.1. The van der Waals surface area contributed by atoms with Gasteiger partial charge in [-0.15, -0.1) is 0 Å². The first-order chi connectivity index (χ1) is 15.5. The zero-order valence-electron chi connectivity index (χ0n) is 17.3. The summed E-state index contributed by atoms with van der Waals surface area (Å²) < 4.78 is 26.1. The summed E-state index contributed by atoms with van der Waals surface area (Å²) in [6.45, 7) is 0.421. The number of benzene rings is 2. The van der Waals surface area contributed by atoms with E-state index in [1.807, 2.05) is 0 Å². The van der Waals surface area contributed by atoms with Crippen molar-refractivity contribution in [2.24, 2.45) is 0 Å². The molecule has 4 rings (SSSR count). The maximum absolute atomic E-state index is 14.4. The molecule has 32 heavy (non-hydrogen) atoms. The van der Waals surface area contributed by atoms with Crippen LogP contribution in [0, 0.1) is 5.82 Å². The molecule has 1 aromatic heterocycles. The highest BCUT2D eigenvalue weighted by atomic mass is 35.5. The third-order valence-electron chi connectivity index (χ3n) is 5.29. The molecule has 1 atom stereocenters. The Bertz CT molecular complexity index is 1150. The Balaban J connectivity index is 1.66. The van der Waals surface area contributed by atoms with Gasteiger partial charge >= 0.3 is 0 Å². The van der Waals surface area contributed by atoms with Crippen molar-refractivity contribution in [1.82, 2.24) is 14.9 Å². The number of piperidine rings is 1. The third kappa shape index (κ3) is 4.53. The number of hydrogen-bond donors (Lipinski definition) is 2. The lowest BCUT2D eigenvalue weighted by molar-refractivity contribution is -0.136. The fraction of sp³-hybridized carbons (Fsp3) is 0.318. The van der Waals surface area contributed by atoms with Crippen molar-refractivity contribution in [2.75, 3.05) is 32.1 Å². The van der Waals surface area contributed by atoms with Crippen LogP contribution in [0.3, 0.4) is 0 Å². The fourth-order valence-electron chi connectivity index (χ4n) is 3.68. The third-order valence-corrected chi connectivity index (χ3v) is 5.58. The Morgan fingerprint density at radius 1 is 1.34 bits per heavy atom. The number of methoxy groups -OCH3 is 1. The number of hydrogen-bond acceptors (Lipinski definition) is 7. The summed E-state index contributed by atoms with van der Waals surface area (Å²) in [6, 6.07) is 8.10. The zero-order chi connectivity index (χ0) is 22.7. The predicted octanol–water partition coefficient (Wildman–Crippen LogP) is 3.54. The van der Waals surface area contributed by atoms with Gasteiger partial charge in [-0.05, 0) is 31.0 Å². The summed E-state index contributed by atoms with van der Waals surface area (Å²) in [5.41, 5.74) is 0.760. The molecule has 10 heteroatoms. The van der Waals surface area contributed by atoms with E-state index in [4.69, 9.17) is 26.2 Å². The first kappa shape index (κ1) is 22.0. The van der Waals surface area contributed by atoms with Gasteiger partial charge in [0.1, 0.15) is 24.9 Å². The van der Waals surface area contributed by atoms with Gasteiger partial charge in [0.05, 0.1) is 29.9 Å². The number of nitrogens with zero attached hydrogens (tertiary/aromatic N) is 3. The van der Waals surface area contributed by atoms with Crippen molar-refractivity contribution in [3.05, 3.63) is 47.5 Å². The molecule has 0 spiro atoms. The molecule has 168 valence electrons. The zero-order valence-corrected chi connectivity index (χ0v) is 18.1. The molecule has 3 aromatic rings. The molecule has 0 radical (unpaired) electrons. The molecule has 1 fully saturated rings. The number of rotatable bonds is 6. The van der Waals surface area contributed by atoms with Crippen LogP contribution in [0.2, 0.25) is 5.02 Å². The van der Waals surface area contributed by atoms with E-state index < -0.39 is 12.4 Å². The number of nitrogens with one attached hydrogen (secondary N) is 1. The molecule has 0 bridgehead atoms. The maximum Gasteiger partial charge on any atom is 0.248 e. The van der Waals surface area contributed by atoms with Crippen LogP contribution >= 0.6 is 11.6 Å². The van der Waals surface area contributed by atoms with E-state index in [0.29, 0.717) is 41.3 Å². The normalized spacial score (nSPS) is 16.1. The number of amides is 1. The topological polar surface area (TPSA) is 96.8 Å². The Kier molecular flexibility index (Phi) is 6.57. The van der Waals surface area contributed by atoms with Gasteiger partial charge in [0, 0.05) is 18.0 Å². The molecule has 0 saturated carbocycles. The minimum Gasteiger partial charge on any atom is -0.493 e. The van der Waals surface area contributed by atoms with Crippen molar-refractivity contribution in [3.8, 4) is 11.5 Å². The number of carbonyl (C=O) groups excluding carboxylic acids is 1. The van der Waals surface area contributed by atoms with Gasteiger partial charge in [-0.2, -0.15) is 0 Å². The van der Waals surface area contributed by atoms with Crippen molar-refractivity contribution in [3.63, 3.8) is 0 Å². The monoisotopic (exact) mass is 460 g/mol. The summed E-state index contributed by atoms with van der Waals surface area (Å²) in [7, 11) is 1.53. The van der Waals surface area contributed by atoms with E-state index in [-0.39, 0.29) is 22.7 Å². The number of aliphatic hydroxyl groups excluding tert-OH is 1. The van der Waals surface area contributed by atoms with Gasteiger partial charge in [-0.3, -0.25) is 4.79 Å². The molecule has 8 nitrogen and oxygen atoms in total. The average molecular weight is 461 g/mol. The second kappa shape index (κ2) is 9.54. The van der Waals surface area contributed by atoms with Crippen molar-refractivity contribution < 1.29 is 23.8 Å². The molecular formula is C22H22ClFN4O4. The molecule has 0 aliphatic carbocycles. The Labute approximate surface area is 188 Å². The van der Waals surface area contributed by atoms with E-state index in [1.54, 1.807) is 29.2 Å². The van der Waals surface area contributed by atoms with Gasteiger partial charge < -0.3 is 24.8 Å². The highest BCUT2D eigenvalue weighted by Crippen LogP contribution is 2.36. The Hall–Kier alpha value is -3.17. The first-order valence-electron chi connectivity index (χ1n) is 10.1. The minimum atomic E-state index is -0.582. The molecule has 2 aromatic carbocycles. The maximum atomic E-state index is 14.4.